The van der Waals surface area contributed by atoms with Crippen LogP contribution in [0.25, 0.3) is 0 Å². The number of benzene rings is 1. The van der Waals surface area contributed by atoms with E-state index in [1.165, 1.54) is 17.0 Å². The molecule has 0 radical (unpaired) electrons. The number of rotatable bonds is 2. The molecule has 5 nitrogen and oxygen atoms in total. The standard InChI is InChI=1S/C15H18FN3O2/c1-14(2,3)21-13(20)19-9-15(8-17,10-19)18-12-6-4-5-11(16)7-12/h4-7,18H,9-10H2,1-3H3. The third kappa shape index (κ3) is 3.63. The maximum absolute atomic E-state index is 13.2. The molecule has 2 rings (SSSR count). The molecule has 112 valence electrons. The van der Waals surface area contributed by atoms with Crippen LogP contribution in [0.4, 0.5) is 14.9 Å². The first-order valence-corrected chi connectivity index (χ1v) is 6.66. The molecule has 1 aromatic rings. The van der Waals surface area contributed by atoms with Crippen molar-refractivity contribution in [2.75, 3.05) is 18.4 Å². The summed E-state index contributed by atoms with van der Waals surface area (Å²) in [7, 11) is 0. The highest BCUT2D eigenvalue weighted by Crippen LogP contribution is 2.27. The van der Waals surface area contributed by atoms with Crippen LogP contribution in [-0.4, -0.2) is 35.2 Å². The molecule has 1 amide bonds. The number of carbonyl (C=O) groups is 1. The number of hydrogen-bond donors (Lipinski definition) is 1. The Morgan fingerprint density at radius 2 is 2.14 bits per heavy atom. The van der Waals surface area contributed by atoms with Crippen LogP contribution < -0.4 is 5.32 Å². The van der Waals surface area contributed by atoms with E-state index < -0.39 is 17.2 Å². The summed E-state index contributed by atoms with van der Waals surface area (Å²) in [4.78, 5) is 13.3. The molecule has 1 aromatic carbocycles. The number of hydrogen-bond acceptors (Lipinski definition) is 4. The highest BCUT2D eigenvalue weighted by Gasteiger charge is 2.47. The van der Waals surface area contributed by atoms with Crippen molar-refractivity contribution in [3.63, 3.8) is 0 Å². The molecule has 1 fully saturated rings. The number of nitriles is 1. The Labute approximate surface area is 123 Å². The molecule has 0 unspecified atom stereocenters. The van der Waals surface area contributed by atoms with Gasteiger partial charge in [0.25, 0.3) is 0 Å². The lowest BCUT2D eigenvalue weighted by Crippen LogP contribution is -2.67. The van der Waals surface area contributed by atoms with Gasteiger partial charge in [-0.05, 0) is 39.0 Å². The summed E-state index contributed by atoms with van der Waals surface area (Å²) in [5.41, 5.74) is -0.955. The van der Waals surface area contributed by atoms with Gasteiger partial charge in [0.05, 0.1) is 19.2 Å². The molecule has 0 aliphatic carbocycles. The van der Waals surface area contributed by atoms with Gasteiger partial charge >= 0.3 is 6.09 Å². The monoisotopic (exact) mass is 291 g/mol. The molecule has 21 heavy (non-hydrogen) atoms. The average molecular weight is 291 g/mol. The number of amides is 1. The second-order valence-corrected chi connectivity index (χ2v) is 6.17. The Hall–Kier alpha value is -2.29. The topological polar surface area (TPSA) is 65.4 Å². The molecular weight excluding hydrogens is 273 g/mol. The van der Waals surface area contributed by atoms with Crippen LogP contribution in [0.3, 0.4) is 0 Å². The summed E-state index contributed by atoms with van der Waals surface area (Å²) in [6.45, 7) is 5.76. The zero-order valence-corrected chi connectivity index (χ0v) is 12.3. The van der Waals surface area contributed by atoms with E-state index in [9.17, 15) is 14.4 Å². The number of halogens is 1. The highest BCUT2D eigenvalue weighted by atomic mass is 19.1. The molecule has 0 saturated carbocycles. The number of nitrogens with one attached hydrogen (secondary N) is 1. The minimum Gasteiger partial charge on any atom is -0.444 e. The first-order chi connectivity index (χ1) is 9.73. The third-order valence-electron chi connectivity index (χ3n) is 3.00. The van der Waals surface area contributed by atoms with Crippen molar-refractivity contribution >= 4 is 11.8 Å². The largest absolute Gasteiger partial charge is 0.444 e. The van der Waals surface area contributed by atoms with Crippen LogP contribution in [0.5, 0.6) is 0 Å². The van der Waals surface area contributed by atoms with Crippen molar-refractivity contribution < 1.29 is 13.9 Å². The Morgan fingerprint density at radius 1 is 1.48 bits per heavy atom. The highest BCUT2D eigenvalue weighted by molar-refractivity contribution is 5.71. The van der Waals surface area contributed by atoms with Gasteiger partial charge < -0.3 is 15.0 Å². The molecule has 0 bridgehead atoms. The summed E-state index contributed by atoms with van der Waals surface area (Å²) >= 11 is 0. The van der Waals surface area contributed by atoms with Crippen molar-refractivity contribution in [3.8, 4) is 6.07 Å². The minimum absolute atomic E-state index is 0.203. The van der Waals surface area contributed by atoms with E-state index in [1.54, 1.807) is 32.9 Å². The van der Waals surface area contributed by atoms with Crippen molar-refractivity contribution in [1.29, 1.82) is 5.26 Å². The number of anilines is 1. The van der Waals surface area contributed by atoms with Gasteiger partial charge in [0.15, 0.2) is 5.54 Å². The number of nitrogens with zero attached hydrogens (tertiary/aromatic N) is 2. The summed E-state index contributed by atoms with van der Waals surface area (Å²) in [6.07, 6.45) is -0.450. The summed E-state index contributed by atoms with van der Waals surface area (Å²) < 4.78 is 18.4. The van der Waals surface area contributed by atoms with E-state index in [2.05, 4.69) is 11.4 Å². The maximum Gasteiger partial charge on any atom is 0.410 e. The van der Waals surface area contributed by atoms with Crippen molar-refractivity contribution in [2.24, 2.45) is 0 Å². The molecule has 1 aliphatic rings. The first kappa shape index (κ1) is 15.1. The van der Waals surface area contributed by atoms with Gasteiger partial charge in [-0.2, -0.15) is 5.26 Å². The van der Waals surface area contributed by atoms with Gasteiger partial charge in [0.2, 0.25) is 0 Å². The molecule has 0 aromatic heterocycles. The minimum atomic E-state index is -0.898. The van der Waals surface area contributed by atoms with E-state index in [0.29, 0.717) is 5.69 Å². The van der Waals surface area contributed by atoms with Gasteiger partial charge in [0, 0.05) is 5.69 Å². The second-order valence-electron chi connectivity index (χ2n) is 6.17. The van der Waals surface area contributed by atoms with Crippen molar-refractivity contribution in [2.45, 2.75) is 31.9 Å². The Morgan fingerprint density at radius 3 is 2.67 bits per heavy atom. The molecule has 1 saturated heterocycles. The molecule has 0 spiro atoms. The zero-order valence-electron chi connectivity index (χ0n) is 12.3. The van der Waals surface area contributed by atoms with Gasteiger partial charge in [-0.3, -0.25) is 0 Å². The SMILES string of the molecule is CC(C)(C)OC(=O)N1CC(C#N)(Nc2cccc(F)c2)C1. The third-order valence-corrected chi connectivity index (χ3v) is 3.00. The number of ether oxygens (including phenoxy) is 1. The Balaban J connectivity index is 1.98. The predicted octanol–water partition coefficient (Wildman–Crippen LogP) is 2.75. The summed E-state index contributed by atoms with van der Waals surface area (Å²) in [5.74, 6) is -0.378. The molecule has 0 atom stereocenters. The van der Waals surface area contributed by atoms with Gasteiger partial charge in [0.1, 0.15) is 11.4 Å². The summed E-state index contributed by atoms with van der Waals surface area (Å²) in [6, 6.07) is 8.04. The van der Waals surface area contributed by atoms with Gasteiger partial charge in [-0.1, -0.05) is 6.07 Å². The van der Waals surface area contributed by atoms with E-state index in [4.69, 9.17) is 4.74 Å². The van der Waals surface area contributed by atoms with Crippen LogP contribution in [0, 0.1) is 17.1 Å². The fraction of sp³-hybridized carbons (Fsp3) is 0.467. The lowest BCUT2D eigenvalue weighted by Gasteiger charge is -2.46. The maximum atomic E-state index is 13.2. The normalized spacial score (nSPS) is 16.6. The molecule has 1 aliphatic heterocycles. The molecular formula is C15H18FN3O2. The number of likely N-dealkylation sites (tertiary alicyclic amines) is 1. The smallest absolute Gasteiger partial charge is 0.410 e. The zero-order chi connectivity index (χ0) is 15.7. The van der Waals surface area contributed by atoms with E-state index in [0.717, 1.165) is 0 Å². The fourth-order valence-corrected chi connectivity index (χ4v) is 2.08. The van der Waals surface area contributed by atoms with Crippen LogP contribution in [0.2, 0.25) is 0 Å². The Kier molecular flexibility index (Phi) is 3.77. The predicted molar refractivity (Wildman–Crippen MR) is 76.2 cm³/mol. The number of carbonyl (C=O) groups excluding carboxylic acids is 1. The fourth-order valence-electron chi connectivity index (χ4n) is 2.08. The van der Waals surface area contributed by atoms with Crippen LogP contribution in [-0.2, 0) is 4.74 Å². The lowest BCUT2D eigenvalue weighted by molar-refractivity contribution is 0.00355. The van der Waals surface area contributed by atoms with E-state index >= 15 is 0 Å². The van der Waals surface area contributed by atoms with E-state index in [-0.39, 0.29) is 18.9 Å². The first-order valence-electron chi connectivity index (χ1n) is 6.66. The van der Waals surface area contributed by atoms with E-state index in [1.807, 2.05) is 0 Å². The summed E-state index contributed by atoms with van der Waals surface area (Å²) in [5, 5.41) is 12.3. The Bertz CT molecular complexity index is 583. The second kappa shape index (κ2) is 5.24. The van der Waals surface area contributed by atoms with Crippen molar-refractivity contribution in [3.05, 3.63) is 30.1 Å². The van der Waals surface area contributed by atoms with Crippen LogP contribution in [0.1, 0.15) is 20.8 Å². The van der Waals surface area contributed by atoms with Gasteiger partial charge in [-0.25, -0.2) is 9.18 Å². The van der Waals surface area contributed by atoms with Crippen LogP contribution in [0.15, 0.2) is 24.3 Å². The molecule has 6 heteroatoms. The molecule has 1 N–H and O–H groups in total. The average Bonchev–Trinajstić information content (AvgIpc) is 2.31. The van der Waals surface area contributed by atoms with Crippen molar-refractivity contribution in [1.82, 2.24) is 4.90 Å². The quantitative estimate of drug-likeness (QED) is 0.910. The van der Waals surface area contributed by atoms with Gasteiger partial charge in [-0.15, -0.1) is 0 Å². The molecule has 1 heterocycles. The lowest BCUT2D eigenvalue weighted by atomic mass is 9.91. The van der Waals surface area contributed by atoms with Crippen LogP contribution >= 0.6 is 0 Å².